The molecule has 0 aliphatic carbocycles. The SMILES string of the molecule is NCCCc1cn(Cc2ccc(Br)cc2F)nn1. The molecule has 2 N–H and O–H groups in total. The first kappa shape index (κ1) is 13.2. The number of nitrogens with zero attached hydrogens (tertiary/aromatic N) is 3. The summed E-state index contributed by atoms with van der Waals surface area (Å²) in [6.07, 6.45) is 3.52. The van der Waals surface area contributed by atoms with Gasteiger partial charge in [-0.05, 0) is 31.5 Å². The Morgan fingerprint density at radius 1 is 1.39 bits per heavy atom. The fourth-order valence-electron chi connectivity index (χ4n) is 1.64. The van der Waals surface area contributed by atoms with E-state index in [1.54, 1.807) is 10.7 Å². The van der Waals surface area contributed by atoms with Gasteiger partial charge in [0.1, 0.15) is 5.82 Å². The van der Waals surface area contributed by atoms with E-state index in [1.807, 2.05) is 12.3 Å². The first-order valence-corrected chi connectivity index (χ1v) is 6.51. The Morgan fingerprint density at radius 3 is 2.94 bits per heavy atom. The zero-order valence-corrected chi connectivity index (χ0v) is 11.4. The Bertz CT molecular complexity index is 527. The third kappa shape index (κ3) is 3.36. The number of benzene rings is 1. The minimum atomic E-state index is -0.247. The van der Waals surface area contributed by atoms with Crippen LogP contribution in [0.25, 0.3) is 0 Å². The van der Waals surface area contributed by atoms with E-state index in [0.717, 1.165) is 23.0 Å². The molecule has 1 heterocycles. The summed E-state index contributed by atoms with van der Waals surface area (Å²) in [7, 11) is 0. The lowest BCUT2D eigenvalue weighted by Gasteiger charge is -2.03. The number of hydrogen-bond donors (Lipinski definition) is 1. The normalized spacial score (nSPS) is 10.8. The monoisotopic (exact) mass is 312 g/mol. The molecule has 1 aromatic heterocycles. The van der Waals surface area contributed by atoms with E-state index in [4.69, 9.17) is 5.73 Å². The lowest BCUT2D eigenvalue weighted by molar-refractivity contribution is 0.576. The highest BCUT2D eigenvalue weighted by molar-refractivity contribution is 9.10. The van der Waals surface area contributed by atoms with E-state index in [1.165, 1.54) is 6.07 Å². The molecule has 2 rings (SSSR count). The van der Waals surface area contributed by atoms with Gasteiger partial charge >= 0.3 is 0 Å². The molecular weight excluding hydrogens is 299 g/mol. The van der Waals surface area contributed by atoms with Crippen LogP contribution in [0.3, 0.4) is 0 Å². The Balaban J connectivity index is 2.06. The van der Waals surface area contributed by atoms with Gasteiger partial charge in [-0.25, -0.2) is 9.07 Å². The molecule has 0 aliphatic heterocycles. The van der Waals surface area contributed by atoms with Crippen molar-refractivity contribution in [3.05, 3.63) is 45.9 Å². The van der Waals surface area contributed by atoms with E-state index in [2.05, 4.69) is 26.2 Å². The van der Waals surface area contributed by atoms with Crippen molar-refractivity contribution in [2.45, 2.75) is 19.4 Å². The van der Waals surface area contributed by atoms with E-state index in [-0.39, 0.29) is 5.82 Å². The number of aromatic nitrogens is 3. The molecule has 0 spiro atoms. The van der Waals surface area contributed by atoms with Crippen LogP contribution in [-0.2, 0) is 13.0 Å². The molecule has 18 heavy (non-hydrogen) atoms. The van der Waals surface area contributed by atoms with Crippen LogP contribution in [0.15, 0.2) is 28.9 Å². The van der Waals surface area contributed by atoms with Gasteiger partial charge in [0.25, 0.3) is 0 Å². The van der Waals surface area contributed by atoms with Crippen LogP contribution in [-0.4, -0.2) is 21.5 Å². The third-order valence-electron chi connectivity index (χ3n) is 2.57. The fourth-order valence-corrected chi connectivity index (χ4v) is 1.97. The predicted molar refractivity (Wildman–Crippen MR) is 70.6 cm³/mol. The highest BCUT2D eigenvalue weighted by atomic mass is 79.9. The van der Waals surface area contributed by atoms with Crippen LogP contribution in [0.5, 0.6) is 0 Å². The summed E-state index contributed by atoms with van der Waals surface area (Å²) < 4.78 is 16.0. The average molecular weight is 313 g/mol. The summed E-state index contributed by atoms with van der Waals surface area (Å²) in [6, 6.07) is 4.99. The van der Waals surface area contributed by atoms with Crippen LogP contribution in [0.4, 0.5) is 4.39 Å². The molecule has 0 amide bonds. The maximum atomic E-state index is 13.6. The number of nitrogens with two attached hydrogens (primary N) is 1. The molecule has 0 unspecified atom stereocenters. The van der Waals surface area contributed by atoms with Crippen molar-refractivity contribution in [2.24, 2.45) is 5.73 Å². The number of hydrogen-bond acceptors (Lipinski definition) is 3. The molecule has 0 saturated heterocycles. The van der Waals surface area contributed by atoms with Crippen molar-refractivity contribution in [3.8, 4) is 0 Å². The Morgan fingerprint density at radius 2 is 2.22 bits per heavy atom. The molecule has 0 aliphatic rings. The minimum Gasteiger partial charge on any atom is -0.330 e. The second-order valence-corrected chi connectivity index (χ2v) is 4.95. The lowest BCUT2D eigenvalue weighted by Crippen LogP contribution is -2.02. The zero-order chi connectivity index (χ0) is 13.0. The summed E-state index contributed by atoms with van der Waals surface area (Å²) in [5, 5.41) is 8.00. The summed E-state index contributed by atoms with van der Waals surface area (Å²) in [4.78, 5) is 0. The second-order valence-electron chi connectivity index (χ2n) is 4.04. The number of rotatable bonds is 5. The van der Waals surface area contributed by atoms with Crippen LogP contribution in [0.2, 0.25) is 0 Å². The largest absolute Gasteiger partial charge is 0.330 e. The van der Waals surface area contributed by atoms with Crippen LogP contribution in [0, 0.1) is 5.82 Å². The Labute approximate surface area is 113 Å². The number of aryl methyl sites for hydroxylation is 1. The first-order valence-electron chi connectivity index (χ1n) is 5.72. The Kier molecular flexibility index (Phi) is 4.43. The average Bonchev–Trinajstić information content (AvgIpc) is 2.78. The summed E-state index contributed by atoms with van der Waals surface area (Å²) in [5.74, 6) is -0.247. The van der Waals surface area contributed by atoms with E-state index in [0.29, 0.717) is 18.7 Å². The summed E-state index contributed by atoms with van der Waals surface area (Å²) in [6.45, 7) is 1.02. The molecule has 0 fully saturated rings. The molecule has 1 aromatic carbocycles. The quantitative estimate of drug-likeness (QED) is 0.920. The van der Waals surface area contributed by atoms with Crippen LogP contribution in [0.1, 0.15) is 17.7 Å². The van der Waals surface area contributed by atoms with Gasteiger partial charge in [-0.15, -0.1) is 5.10 Å². The first-order chi connectivity index (χ1) is 8.69. The molecule has 2 aromatic rings. The molecule has 0 radical (unpaired) electrons. The fraction of sp³-hybridized carbons (Fsp3) is 0.333. The molecule has 0 saturated carbocycles. The van der Waals surface area contributed by atoms with Gasteiger partial charge in [0.05, 0.1) is 12.2 Å². The van der Waals surface area contributed by atoms with Crippen molar-refractivity contribution < 1.29 is 4.39 Å². The zero-order valence-electron chi connectivity index (χ0n) is 9.81. The van der Waals surface area contributed by atoms with E-state index < -0.39 is 0 Å². The van der Waals surface area contributed by atoms with E-state index in [9.17, 15) is 4.39 Å². The lowest BCUT2D eigenvalue weighted by atomic mass is 10.2. The molecule has 6 heteroatoms. The maximum Gasteiger partial charge on any atom is 0.129 e. The molecule has 4 nitrogen and oxygen atoms in total. The van der Waals surface area contributed by atoms with Gasteiger partial charge in [-0.2, -0.15) is 0 Å². The second kappa shape index (κ2) is 6.06. The van der Waals surface area contributed by atoms with Gasteiger partial charge in [0, 0.05) is 16.2 Å². The van der Waals surface area contributed by atoms with Crippen molar-refractivity contribution >= 4 is 15.9 Å². The standard InChI is InChI=1S/C12H14BrFN4/c13-10-4-3-9(12(14)6-10)7-18-8-11(16-17-18)2-1-5-15/h3-4,6,8H,1-2,5,7,15H2. The highest BCUT2D eigenvalue weighted by Gasteiger charge is 2.06. The topological polar surface area (TPSA) is 56.7 Å². The van der Waals surface area contributed by atoms with Crippen molar-refractivity contribution in [1.82, 2.24) is 15.0 Å². The molecular formula is C12H14BrFN4. The predicted octanol–water partition coefficient (Wildman–Crippen LogP) is 2.12. The maximum absolute atomic E-state index is 13.6. The smallest absolute Gasteiger partial charge is 0.129 e. The summed E-state index contributed by atoms with van der Waals surface area (Å²) >= 11 is 3.23. The van der Waals surface area contributed by atoms with Gasteiger partial charge in [0.2, 0.25) is 0 Å². The molecule has 96 valence electrons. The van der Waals surface area contributed by atoms with Gasteiger partial charge < -0.3 is 5.73 Å². The summed E-state index contributed by atoms with van der Waals surface area (Å²) in [5.41, 5.74) is 6.91. The molecule has 0 bridgehead atoms. The van der Waals surface area contributed by atoms with Crippen molar-refractivity contribution in [1.29, 1.82) is 0 Å². The molecule has 0 atom stereocenters. The van der Waals surface area contributed by atoms with Crippen molar-refractivity contribution in [3.63, 3.8) is 0 Å². The van der Waals surface area contributed by atoms with Crippen LogP contribution < -0.4 is 5.73 Å². The van der Waals surface area contributed by atoms with Crippen LogP contribution >= 0.6 is 15.9 Å². The van der Waals surface area contributed by atoms with Gasteiger partial charge in [-0.3, -0.25) is 0 Å². The van der Waals surface area contributed by atoms with Crippen molar-refractivity contribution in [2.75, 3.05) is 6.54 Å². The highest BCUT2D eigenvalue weighted by Crippen LogP contribution is 2.16. The van der Waals surface area contributed by atoms with Gasteiger partial charge in [-0.1, -0.05) is 27.2 Å². The van der Waals surface area contributed by atoms with Gasteiger partial charge in [0.15, 0.2) is 0 Å². The minimum absolute atomic E-state index is 0.247. The Hall–Kier alpha value is -1.27. The number of halogens is 2. The third-order valence-corrected chi connectivity index (χ3v) is 3.06. The van der Waals surface area contributed by atoms with E-state index >= 15 is 0 Å².